The van der Waals surface area contributed by atoms with Gasteiger partial charge in [-0.05, 0) is 35.0 Å². The maximum atomic E-state index is 9.31. The average molecular weight is 241 g/mol. The summed E-state index contributed by atoms with van der Waals surface area (Å²) in [5, 5.41) is 10.3. The number of hydrogen-bond acceptors (Lipinski definition) is 2. The first-order valence-electron chi connectivity index (χ1n) is 4.04. The van der Waals surface area contributed by atoms with Gasteiger partial charge < -0.3 is 9.52 Å². The van der Waals surface area contributed by atoms with E-state index in [1.165, 1.54) is 0 Å². The molecule has 0 aliphatic rings. The Labute approximate surface area is 84.3 Å². The molecule has 0 radical (unpaired) electrons. The Morgan fingerprint density at radius 1 is 1.46 bits per heavy atom. The van der Waals surface area contributed by atoms with Gasteiger partial charge in [0.25, 0.3) is 0 Å². The Morgan fingerprint density at radius 2 is 2.23 bits per heavy atom. The van der Waals surface area contributed by atoms with Crippen molar-refractivity contribution in [1.29, 1.82) is 0 Å². The second-order valence-corrected chi connectivity index (χ2v) is 3.84. The zero-order valence-corrected chi connectivity index (χ0v) is 8.71. The zero-order valence-electron chi connectivity index (χ0n) is 7.12. The Morgan fingerprint density at radius 3 is 2.85 bits per heavy atom. The van der Waals surface area contributed by atoms with Crippen LogP contribution in [0, 0.1) is 0 Å². The second-order valence-electron chi connectivity index (χ2n) is 2.98. The van der Waals surface area contributed by atoms with Crippen LogP contribution in [0.3, 0.4) is 0 Å². The fourth-order valence-electron chi connectivity index (χ4n) is 1.25. The van der Waals surface area contributed by atoms with Crippen molar-refractivity contribution in [3.63, 3.8) is 0 Å². The number of para-hydroxylation sites is 1. The first kappa shape index (κ1) is 8.78. The highest BCUT2D eigenvalue weighted by molar-refractivity contribution is 9.10. The summed E-state index contributed by atoms with van der Waals surface area (Å²) in [7, 11) is 0. The average Bonchev–Trinajstić information content (AvgIpc) is 2.49. The first-order chi connectivity index (χ1) is 6.18. The van der Waals surface area contributed by atoms with Gasteiger partial charge in [0.1, 0.15) is 17.4 Å². The largest absolute Gasteiger partial charge is 0.457 e. The van der Waals surface area contributed by atoms with Crippen molar-refractivity contribution in [3.05, 3.63) is 34.5 Å². The van der Waals surface area contributed by atoms with Crippen LogP contribution >= 0.6 is 15.9 Å². The van der Waals surface area contributed by atoms with Gasteiger partial charge in [-0.25, -0.2) is 0 Å². The van der Waals surface area contributed by atoms with Crippen molar-refractivity contribution in [3.8, 4) is 0 Å². The maximum absolute atomic E-state index is 9.31. The number of rotatable bonds is 1. The normalized spacial score (nSPS) is 13.5. The highest BCUT2D eigenvalue weighted by Crippen LogP contribution is 2.29. The van der Waals surface area contributed by atoms with E-state index in [4.69, 9.17) is 4.42 Å². The molecule has 2 nitrogen and oxygen atoms in total. The molecule has 1 N–H and O–H groups in total. The van der Waals surface area contributed by atoms with Crippen LogP contribution in [-0.4, -0.2) is 5.11 Å². The fourth-order valence-corrected chi connectivity index (χ4v) is 1.72. The molecule has 0 saturated heterocycles. The molecule has 2 aromatic rings. The summed E-state index contributed by atoms with van der Waals surface area (Å²) in [6.45, 7) is 1.69. The number of aliphatic hydroxyl groups is 1. The molecule has 1 heterocycles. The lowest BCUT2D eigenvalue weighted by Gasteiger charge is -1.95. The summed E-state index contributed by atoms with van der Waals surface area (Å²) >= 11 is 3.38. The Balaban J connectivity index is 2.68. The number of halogens is 1. The first-order valence-corrected chi connectivity index (χ1v) is 4.84. The van der Waals surface area contributed by atoms with E-state index in [2.05, 4.69) is 15.9 Å². The third-order valence-corrected chi connectivity index (χ3v) is 2.55. The van der Waals surface area contributed by atoms with E-state index in [1.54, 1.807) is 6.92 Å². The lowest BCUT2D eigenvalue weighted by Crippen LogP contribution is -1.85. The van der Waals surface area contributed by atoms with Gasteiger partial charge in [0.05, 0.1) is 4.47 Å². The summed E-state index contributed by atoms with van der Waals surface area (Å²) < 4.78 is 6.38. The minimum atomic E-state index is -0.556. The predicted octanol–water partition coefficient (Wildman–Crippen LogP) is 3.25. The van der Waals surface area contributed by atoms with E-state index in [9.17, 15) is 5.11 Å². The summed E-state index contributed by atoms with van der Waals surface area (Å²) in [4.78, 5) is 0. The molecule has 3 heteroatoms. The summed E-state index contributed by atoms with van der Waals surface area (Å²) in [6.07, 6.45) is -0.556. The second kappa shape index (κ2) is 3.16. The molecule has 68 valence electrons. The van der Waals surface area contributed by atoms with Crippen molar-refractivity contribution in [2.45, 2.75) is 13.0 Å². The Kier molecular flexibility index (Phi) is 2.14. The molecule has 0 aliphatic heterocycles. The Bertz CT molecular complexity index is 431. The van der Waals surface area contributed by atoms with E-state index >= 15 is 0 Å². The van der Waals surface area contributed by atoms with E-state index in [0.717, 1.165) is 15.4 Å². The van der Waals surface area contributed by atoms with Gasteiger partial charge in [-0.1, -0.05) is 12.1 Å². The standard InChI is InChI=1S/C10H9BrO2/c1-6(12)9-5-7-3-2-4-8(11)10(7)13-9/h2-6,12H,1H3. The quantitative estimate of drug-likeness (QED) is 0.831. The molecule has 13 heavy (non-hydrogen) atoms. The summed E-state index contributed by atoms with van der Waals surface area (Å²) in [6, 6.07) is 7.66. The van der Waals surface area contributed by atoms with Gasteiger partial charge in [-0.3, -0.25) is 0 Å². The number of aliphatic hydroxyl groups excluding tert-OH is 1. The molecular formula is C10H9BrO2. The fraction of sp³-hybridized carbons (Fsp3) is 0.200. The molecule has 1 atom stereocenters. The molecule has 0 aliphatic carbocycles. The molecule has 2 rings (SSSR count). The van der Waals surface area contributed by atoms with Crippen molar-refractivity contribution in [2.75, 3.05) is 0 Å². The molecule has 1 unspecified atom stereocenters. The number of hydrogen-bond donors (Lipinski definition) is 1. The number of fused-ring (bicyclic) bond motifs is 1. The van der Waals surface area contributed by atoms with Crippen molar-refractivity contribution in [1.82, 2.24) is 0 Å². The molecule has 1 aromatic carbocycles. The van der Waals surface area contributed by atoms with Crippen molar-refractivity contribution >= 4 is 26.9 Å². The van der Waals surface area contributed by atoms with E-state index in [-0.39, 0.29) is 0 Å². The monoisotopic (exact) mass is 240 g/mol. The lowest BCUT2D eigenvalue weighted by atomic mass is 10.2. The third-order valence-electron chi connectivity index (χ3n) is 1.93. The van der Waals surface area contributed by atoms with Crippen LogP contribution in [-0.2, 0) is 0 Å². The predicted molar refractivity (Wildman–Crippen MR) is 54.5 cm³/mol. The molecule has 0 fully saturated rings. The SMILES string of the molecule is CC(O)c1cc2cccc(Br)c2o1. The van der Waals surface area contributed by atoms with Gasteiger partial charge >= 0.3 is 0 Å². The van der Waals surface area contributed by atoms with E-state index in [1.807, 2.05) is 24.3 Å². The topological polar surface area (TPSA) is 33.4 Å². The smallest absolute Gasteiger partial charge is 0.148 e. The van der Waals surface area contributed by atoms with Crippen LogP contribution in [0.2, 0.25) is 0 Å². The molecule has 1 aromatic heterocycles. The highest BCUT2D eigenvalue weighted by atomic mass is 79.9. The van der Waals surface area contributed by atoms with Crippen LogP contribution in [0.25, 0.3) is 11.0 Å². The molecule has 0 bridgehead atoms. The van der Waals surface area contributed by atoms with Gasteiger partial charge in [0.2, 0.25) is 0 Å². The van der Waals surface area contributed by atoms with Crippen LogP contribution in [0.15, 0.2) is 33.2 Å². The van der Waals surface area contributed by atoms with Crippen LogP contribution < -0.4 is 0 Å². The number of benzene rings is 1. The van der Waals surface area contributed by atoms with Gasteiger partial charge in [-0.15, -0.1) is 0 Å². The van der Waals surface area contributed by atoms with E-state index < -0.39 is 6.10 Å². The molecule has 0 spiro atoms. The molecular weight excluding hydrogens is 232 g/mol. The van der Waals surface area contributed by atoms with Gasteiger partial charge in [0.15, 0.2) is 0 Å². The highest BCUT2D eigenvalue weighted by Gasteiger charge is 2.09. The summed E-state index contributed by atoms with van der Waals surface area (Å²) in [5.41, 5.74) is 0.790. The third kappa shape index (κ3) is 1.49. The Hall–Kier alpha value is -0.800. The minimum Gasteiger partial charge on any atom is -0.457 e. The van der Waals surface area contributed by atoms with Crippen LogP contribution in [0.1, 0.15) is 18.8 Å². The van der Waals surface area contributed by atoms with Gasteiger partial charge in [0, 0.05) is 5.39 Å². The summed E-state index contributed by atoms with van der Waals surface area (Å²) in [5.74, 6) is 0.599. The van der Waals surface area contributed by atoms with Crippen LogP contribution in [0.4, 0.5) is 0 Å². The maximum Gasteiger partial charge on any atom is 0.148 e. The zero-order chi connectivity index (χ0) is 9.42. The van der Waals surface area contributed by atoms with Gasteiger partial charge in [-0.2, -0.15) is 0 Å². The van der Waals surface area contributed by atoms with E-state index in [0.29, 0.717) is 5.76 Å². The van der Waals surface area contributed by atoms with Crippen molar-refractivity contribution < 1.29 is 9.52 Å². The van der Waals surface area contributed by atoms with Crippen LogP contribution in [0.5, 0.6) is 0 Å². The minimum absolute atomic E-state index is 0.556. The number of furan rings is 1. The van der Waals surface area contributed by atoms with Crippen molar-refractivity contribution in [2.24, 2.45) is 0 Å². The molecule has 0 saturated carbocycles. The lowest BCUT2D eigenvalue weighted by molar-refractivity contribution is 0.172. The molecule has 0 amide bonds.